The van der Waals surface area contributed by atoms with Crippen LogP contribution in [0.2, 0.25) is 0 Å². The van der Waals surface area contributed by atoms with Gasteiger partial charge in [0.05, 0.1) is 18.7 Å². The van der Waals surface area contributed by atoms with Gasteiger partial charge in [0.1, 0.15) is 0 Å². The van der Waals surface area contributed by atoms with Crippen molar-refractivity contribution in [1.82, 2.24) is 9.80 Å². The molecule has 0 saturated carbocycles. The van der Waals surface area contributed by atoms with E-state index in [1.54, 1.807) is 18.2 Å². The minimum Gasteiger partial charge on any atom is -0.493 e. The van der Waals surface area contributed by atoms with Gasteiger partial charge in [-0.2, -0.15) is 5.26 Å². The average Bonchev–Trinajstić information content (AvgIpc) is 2.65. The van der Waals surface area contributed by atoms with Crippen molar-refractivity contribution in [2.24, 2.45) is 0 Å². The summed E-state index contributed by atoms with van der Waals surface area (Å²) in [6.07, 6.45) is 3.70. The summed E-state index contributed by atoms with van der Waals surface area (Å²) < 4.78 is 10.9. The largest absolute Gasteiger partial charge is 0.493 e. The van der Waals surface area contributed by atoms with E-state index >= 15 is 0 Å². The van der Waals surface area contributed by atoms with Crippen molar-refractivity contribution in [3.8, 4) is 17.6 Å². The Morgan fingerprint density at radius 3 is 2.96 bits per heavy atom. The molecule has 1 atom stereocenters. The molecule has 6 heteroatoms. The summed E-state index contributed by atoms with van der Waals surface area (Å²) in [7, 11) is 1.52. The van der Waals surface area contributed by atoms with Crippen LogP contribution in [0, 0.1) is 11.3 Å². The van der Waals surface area contributed by atoms with Gasteiger partial charge in [-0.3, -0.25) is 9.69 Å². The molecule has 1 aromatic rings. The highest BCUT2D eigenvalue weighted by atomic mass is 16.5. The summed E-state index contributed by atoms with van der Waals surface area (Å²) in [6.45, 7) is 3.67. The standard InChI is InChI=1S/C18H23N3O3/c1-23-17-10-14(11-19)5-6-16(17)24-13-18(22)21-9-8-20-7-3-2-4-15(20)12-21/h5-6,10,15H,2-4,7-9,12-13H2,1H3/t15-/m1/s1. The number of amides is 1. The Balaban J connectivity index is 1.57. The van der Waals surface area contributed by atoms with Crippen molar-refractivity contribution in [1.29, 1.82) is 5.26 Å². The summed E-state index contributed by atoms with van der Waals surface area (Å²) in [4.78, 5) is 16.9. The number of hydrogen-bond acceptors (Lipinski definition) is 5. The molecule has 0 aliphatic carbocycles. The Labute approximate surface area is 142 Å². The number of ether oxygens (including phenoxy) is 2. The fraction of sp³-hybridized carbons (Fsp3) is 0.556. The highest BCUT2D eigenvalue weighted by Gasteiger charge is 2.31. The van der Waals surface area contributed by atoms with E-state index in [0.29, 0.717) is 23.1 Å². The molecule has 2 aliphatic heterocycles. The third kappa shape index (κ3) is 3.62. The number of carbonyl (C=O) groups excluding carboxylic acids is 1. The molecular formula is C18H23N3O3. The molecular weight excluding hydrogens is 306 g/mol. The van der Waals surface area contributed by atoms with Gasteiger partial charge in [0.15, 0.2) is 18.1 Å². The second-order valence-electron chi connectivity index (χ2n) is 6.29. The maximum atomic E-state index is 12.5. The predicted octanol–water partition coefficient (Wildman–Crippen LogP) is 1.64. The van der Waals surface area contributed by atoms with Gasteiger partial charge in [0.25, 0.3) is 5.91 Å². The number of piperazine rings is 1. The van der Waals surface area contributed by atoms with E-state index in [0.717, 1.165) is 26.2 Å². The van der Waals surface area contributed by atoms with Crippen LogP contribution in [0.25, 0.3) is 0 Å². The molecule has 2 aliphatic rings. The van der Waals surface area contributed by atoms with E-state index in [1.165, 1.54) is 26.4 Å². The van der Waals surface area contributed by atoms with Gasteiger partial charge >= 0.3 is 0 Å². The lowest BCUT2D eigenvalue weighted by Crippen LogP contribution is -2.56. The average molecular weight is 329 g/mol. The Hall–Kier alpha value is -2.26. The number of piperidine rings is 1. The van der Waals surface area contributed by atoms with Crippen molar-refractivity contribution < 1.29 is 14.3 Å². The molecule has 0 radical (unpaired) electrons. The van der Waals surface area contributed by atoms with E-state index in [4.69, 9.17) is 14.7 Å². The van der Waals surface area contributed by atoms with Crippen LogP contribution in [0.4, 0.5) is 0 Å². The predicted molar refractivity (Wildman–Crippen MR) is 89.0 cm³/mol. The van der Waals surface area contributed by atoms with Gasteiger partial charge in [-0.15, -0.1) is 0 Å². The van der Waals surface area contributed by atoms with Crippen LogP contribution in [0.3, 0.4) is 0 Å². The Kier molecular flexibility index (Phi) is 5.21. The number of fused-ring (bicyclic) bond motifs is 1. The number of nitriles is 1. The maximum Gasteiger partial charge on any atom is 0.260 e. The lowest BCUT2D eigenvalue weighted by atomic mass is 9.99. The Morgan fingerprint density at radius 1 is 1.29 bits per heavy atom. The van der Waals surface area contributed by atoms with Gasteiger partial charge in [-0.05, 0) is 31.5 Å². The minimum atomic E-state index is -0.00498. The fourth-order valence-electron chi connectivity index (χ4n) is 3.47. The molecule has 1 aromatic carbocycles. The zero-order chi connectivity index (χ0) is 16.9. The van der Waals surface area contributed by atoms with Gasteiger partial charge in [0, 0.05) is 31.7 Å². The molecule has 0 unspecified atom stereocenters. The minimum absolute atomic E-state index is 0.00498. The van der Waals surface area contributed by atoms with Crippen molar-refractivity contribution in [3.63, 3.8) is 0 Å². The van der Waals surface area contributed by atoms with Crippen LogP contribution in [0.1, 0.15) is 24.8 Å². The monoisotopic (exact) mass is 329 g/mol. The number of nitrogens with zero attached hydrogens (tertiary/aromatic N) is 3. The second-order valence-corrected chi connectivity index (χ2v) is 6.29. The molecule has 1 amide bonds. The number of hydrogen-bond donors (Lipinski definition) is 0. The molecule has 6 nitrogen and oxygen atoms in total. The molecule has 2 fully saturated rings. The topological polar surface area (TPSA) is 65.8 Å². The van der Waals surface area contributed by atoms with Crippen molar-refractivity contribution in [2.75, 3.05) is 39.9 Å². The smallest absolute Gasteiger partial charge is 0.260 e. The quantitative estimate of drug-likeness (QED) is 0.840. The van der Waals surface area contributed by atoms with E-state index < -0.39 is 0 Å². The van der Waals surface area contributed by atoms with Crippen LogP contribution in [-0.2, 0) is 4.79 Å². The maximum absolute atomic E-state index is 12.5. The third-order valence-electron chi connectivity index (χ3n) is 4.83. The summed E-state index contributed by atoms with van der Waals surface area (Å²) in [5.41, 5.74) is 0.499. The van der Waals surface area contributed by atoms with Crippen LogP contribution < -0.4 is 9.47 Å². The summed E-state index contributed by atoms with van der Waals surface area (Å²) in [5, 5.41) is 8.92. The lowest BCUT2D eigenvalue weighted by Gasteiger charge is -2.43. The highest BCUT2D eigenvalue weighted by Crippen LogP contribution is 2.28. The third-order valence-corrected chi connectivity index (χ3v) is 4.83. The Bertz CT molecular complexity index is 641. The van der Waals surface area contributed by atoms with Gasteiger partial charge < -0.3 is 14.4 Å². The van der Waals surface area contributed by atoms with Crippen LogP contribution in [0.5, 0.6) is 11.5 Å². The molecule has 0 N–H and O–H groups in total. The van der Waals surface area contributed by atoms with E-state index in [9.17, 15) is 4.79 Å². The van der Waals surface area contributed by atoms with E-state index in [2.05, 4.69) is 11.0 Å². The molecule has 3 rings (SSSR count). The van der Waals surface area contributed by atoms with Gasteiger partial charge in [-0.25, -0.2) is 0 Å². The first kappa shape index (κ1) is 16.6. The first-order valence-corrected chi connectivity index (χ1v) is 8.44. The van der Waals surface area contributed by atoms with Crippen molar-refractivity contribution >= 4 is 5.91 Å². The van der Waals surface area contributed by atoms with Gasteiger partial charge in [-0.1, -0.05) is 6.42 Å². The summed E-state index contributed by atoms with van der Waals surface area (Å²) >= 11 is 0. The zero-order valence-electron chi connectivity index (χ0n) is 14.0. The van der Waals surface area contributed by atoms with Crippen LogP contribution in [0.15, 0.2) is 18.2 Å². The molecule has 0 bridgehead atoms. The zero-order valence-corrected chi connectivity index (χ0v) is 14.0. The lowest BCUT2D eigenvalue weighted by molar-refractivity contribution is -0.136. The van der Waals surface area contributed by atoms with Gasteiger partial charge in [0.2, 0.25) is 0 Å². The first-order chi connectivity index (χ1) is 11.7. The number of benzene rings is 1. The fourth-order valence-corrected chi connectivity index (χ4v) is 3.47. The molecule has 0 spiro atoms. The number of methoxy groups -OCH3 is 1. The van der Waals surface area contributed by atoms with Crippen molar-refractivity contribution in [2.45, 2.75) is 25.3 Å². The normalized spacial score (nSPS) is 20.8. The summed E-state index contributed by atoms with van der Waals surface area (Å²) in [6, 6.07) is 7.50. The first-order valence-electron chi connectivity index (χ1n) is 8.44. The Morgan fingerprint density at radius 2 is 2.17 bits per heavy atom. The summed E-state index contributed by atoms with van der Waals surface area (Å²) in [5.74, 6) is 0.965. The SMILES string of the molecule is COc1cc(C#N)ccc1OCC(=O)N1CCN2CCCC[C@@H]2C1. The second kappa shape index (κ2) is 7.54. The number of carbonyl (C=O) groups is 1. The van der Waals surface area contributed by atoms with E-state index in [1.807, 2.05) is 4.90 Å². The van der Waals surface area contributed by atoms with Crippen LogP contribution >= 0.6 is 0 Å². The molecule has 2 saturated heterocycles. The highest BCUT2D eigenvalue weighted by molar-refractivity contribution is 5.78. The molecule has 0 aromatic heterocycles. The molecule has 24 heavy (non-hydrogen) atoms. The number of rotatable bonds is 4. The molecule has 128 valence electrons. The van der Waals surface area contributed by atoms with E-state index in [-0.39, 0.29) is 12.5 Å². The van der Waals surface area contributed by atoms with Crippen molar-refractivity contribution in [3.05, 3.63) is 23.8 Å². The van der Waals surface area contributed by atoms with Crippen LogP contribution in [-0.4, -0.2) is 61.6 Å². The molecule has 2 heterocycles.